The molecular formula is C23H54O5. The summed E-state index contributed by atoms with van der Waals surface area (Å²) in [7, 11) is 0. The Hall–Kier alpha value is -0.200. The summed E-state index contributed by atoms with van der Waals surface area (Å²) >= 11 is 0. The molecular weight excluding hydrogens is 356 g/mol. The van der Waals surface area contributed by atoms with Crippen LogP contribution in [0.4, 0.5) is 0 Å². The zero-order chi connectivity index (χ0) is 21.5. The van der Waals surface area contributed by atoms with Gasteiger partial charge in [0, 0.05) is 13.2 Å². The van der Waals surface area contributed by atoms with E-state index < -0.39 is 0 Å². The van der Waals surface area contributed by atoms with Crippen LogP contribution in [-0.4, -0.2) is 58.1 Å². The summed E-state index contributed by atoms with van der Waals surface area (Å²) in [6.45, 7) is 13.0. The molecule has 0 aromatic carbocycles. The van der Waals surface area contributed by atoms with Crippen LogP contribution in [0.3, 0.4) is 0 Å². The van der Waals surface area contributed by atoms with Crippen LogP contribution >= 0.6 is 0 Å². The first kappa shape index (κ1) is 35.3. The Morgan fingerprint density at radius 1 is 0.714 bits per heavy atom. The minimum atomic E-state index is -0.369. The van der Waals surface area contributed by atoms with Crippen LogP contribution < -0.4 is 0 Å². The molecule has 0 aromatic heterocycles. The predicted octanol–water partition coefficient (Wildman–Crippen LogP) is 5.08. The van der Waals surface area contributed by atoms with Gasteiger partial charge in [0.15, 0.2) is 0 Å². The van der Waals surface area contributed by atoms with Crippen molar-refractivity contribution in [2.45, 2.75) is 138 Å². The Labute approximate surface area is 176 Å². The van der Waals surface area contributed by atoms with Crippen molar-refractivity contribution >= 4 is 0 Å². The summed E-state index contributed by atoms with van der Waals surface area (Å²) in [4.78, 5) is 0. The minimum Gasteiger partial charge on any atom is -0.396 e. The molecule has 0 aliphatic carbocycles. The molecule has 176 valence electrons. The van der Waals surface area contributed by atoms with Crippen LogP contribution in [-0.2, 0) is 4.74 Å². The molecule has 0 radical (unpaired) electrons. The highest BCUT2D eigenvalue weighted by atomic mass is 16.5. The Balaban J connectivity index is -0.000000171. The van der Waals surface area contributed by atoms with E-state index in [0.717, 1.165) is 51.6 Å². The number of unbranched alkanes of at least 4 members (excludes halogenated alkanes) is 2. The van der Waals surface area contributed by atoms with Crippen LogP contribution in [0, 0.1) is 0 Å². The van der Waals surface area contributed by atoms with Crippen molar-refractivity contribution < 1.29 is 25.2 Å². The Kier molecular flexibility index (Phi) is 36.5. The molecule has 4 N–H and O–H groups in total. The second-order valence-electron chi connectivity index (χ2n) is 7.32. The van der Waals surface area contributed by atoms with E-state index in [-0.39, 0.29) is 31.8 Å². The third kappa shape index (κ3) is 36.7. The van der Waals surface area contributed by atoms with E-state index in [4.69, 9.17) is 14.9 Å². The fraction of sp³-hybridized carbons (Fsp3) is 1.00. The van der Waals surface area contributed by atoms with Gasteiger partial charge < -0.3 is 25.2 Å². The lowest BCUT2D eigenvalue weighted by Gasteiger charge is -2.18. The molecule has 0 aliphatic rings. The van der Waals surface area contributed by atoms with Crippen LogP contribution in [0.1, 0.15) is 113 Å². The van der Waals surface area contributed by atoms with Crippen LogP contribution in [0.5, 0.6) is 0 Å². The molecule has 0 saturated heterocycles. The van der Waals surface area contributed by atoms with E-state index in [1.165, 1.54) is 12.8 Å². The number of ether oxygens (including phenoxy) is 1. The maximum Gasteiger partial charge on any atom is 0.0599 e. The van der Waals surface area contributed by atoms with Gasteiger partial charge in [-0.15, -0.1) is 0 Å². The molecule has 0 bridgehead atoms. The monoisotopic (exact) mass is 410 g/mol. The molecule has 0 rings (SSSR count). The minimum absolute atomic E-state index is 0. The highest BCUT2D eigenvalue weighted by molar-refractivity contribution is 4.62. The average Bonchev–Trinajstić information content (AvgIpc) is 2.62. The van der Waals surface area contributed by atoms with E-state index in [0.29, 0.717) is 13.0 Å². The summed E-state index contributed by atoms with van der Waals surface area (Å²) in [5.41, 5.74) is 0. The summed E-state index contributed by atoms with van der Waals surface area (Å²) in [6, 6.07) is 0. The second-order valence-corrected chi connectivity index (χ2v) is 7.32. The zero-order valence-corrected chi connectivity index (χ0v) is 19.0. The van der Waals surface area contributed by atoms with Crippen molar-refractivity contribution in [3.05, 3.63) is 0 Å². The number of aliphatic hydroxyl groups excluding tert-OH is 4. The second kappa shape index (κ2) is 29.0. The number of aliphatic hydroxyl groups is 4. The van der Waals surface area contributed by atoms with E-state index >= 15 is 0 Å². The molecule has 5 heteroatoms. The first-order chi connectivity index (χ1) is 12.8. The first-order valence-electron chi connectivity index (χ1n) is 11.0. The molecule has 0 spiro atoms. The molecule has 0 aromatic rings. The van der Waals surface area contributed by atoms with Gasteiger partial charge >= 0.3 is 0 Å². The summed E-state index contributed by atoms with van der Waals surface area (Å²) < 4.78 is 5.64. The quantitative estimate of drug-likeness (QED) is 0.321. The molecule has 0 fully saturated rings. The SMILES string of the molecule is C.CCCCC(CC(C)O)OCCC.CCCCC(O)CC(C)O.CCCO. The smallest absolute Gasteiger partial charge is 0.0599 e. The lowest BCUT2D eigenvalue weighted by atomic mass is 10.1. The first-order valence-corrected chi connectivity index (χ1v) is 11.0. The highest BCUT2D eigenvalue weighted by Gasteiger charge is 2.11. The van der Waals surface area contributed by atoms with Gasteiger partial charge in [-0.05, 0) is 52.4 Å². The van der Waals surface area contributed by atoms with Gasteiger partial charge in [-0.2, -0.15) is 0 Å². The van der Waals surface area contributed by atoms with E-state index in [1.807, 2.05) is 13.8 Å². The molecule has 28 heavy (non-hydrogen) atoms. The molecule has 0 amide bonds. The fourth-order valence-corrected chi connectivity index (χ4v) is 2.32. The van der Waals surface area contributed by atoms with Gasteiger partial charge in [-0.1, -0.05) is 60.8 Å². The third-order valence-corrected chi connectivity index (χ3v) is 3.77. The molecule has 4 unspecified atom stereocenters. The normalized spacial score (nSPS) is 14.4. The fourth-order valence-electron chi connectivity index (χ4n) is 2.32. The van der Waals surface area contributed by atoms with Crippen molar-refractivity contribution in [1.29, 1.82) is 0 Å². The lowest BCUT2D eigenvalue weighted by Crippen LogP contribution is -2.19. The molecule has 5 nitrogen and oxygen atoms in total. The van der Waals surface area contributed by atoms with E-state index in [1.54, 1.807) is 6.92 Å². The van der Waals surface area contributed by atoms with E-state index in [2.05, 4.69) is 20.8 Å². The Bertz CT molecular complexity index is 237. The van der Waals surface area contributed by atoms with E-state index in [9.17, 15) is 10.2 Å². The molecule has 0 heterocycles. The van der Waals surface area contributed by atoms with Crippen LogP contribution in [0.2, 0.25) is 0 Å². The third-order valence-electron chi connectivity index (χ3n) is 3.77. The van der Waals surface area contributed by atoms with Crippen LogP contribution in [0.15, 0.2) is 0 Å². The van der Waals surface area contributed by atoms with Gasteiger partial charge in [0.25, 0.3) is 0 Å². The summed E-state index contributed by atoms with van der Waals surface area (Å²) in [5, 5.41) is 35.2. The molecule has 0 aliphatic heterocycles. The molecule has 0 saturated carbocycles. The number of hydrogen-bond donors (Lipinski definition) is 4. The topological polar surface area (TPSA) is 90.2 Å². The van der Waals surface area contributed by atoms with Crippen molar-refractivity contribution in [2.75, 3.05) is 13.2 Å². The standard InChI is InChI=1S/C11H24O2.C8H18O2.C3H8O.CH4/c1-4-6-7-11(9-10(3)12)13-8-5-2;1-3-4-5-8(10)6-7(2)9;1-2-3-4;/h10-12H,4-9H2,1-3H3;7-10H,3-6H2,1-2H3;4H,2-3H2,1H3;1H4. The van der Waals surface area contributed by atoms with Gasteiger partial charge in [-0.25, -0.2) is 0 Å². The van der Waals surface area contributed by atoms with Gasteiger partial charge in [0.05, 0.1) is 24.4 Å². The van der Waals surface area contributed by atoms with Gasteiger partial charge in [0.1, 0.15) is 0 Å². The number of rotatable bonds is 14. The van der Waals surface area contributed by atoms with Gasteiger partial charge in [-0.3, -0.25) is 0 Å². The predicted molar refractivity (Wildman–Crippen MR) is 122 cm³/mol. The Morgan fingerprint density at radius 3 is 1.54 bits per heavy atom. The lowest BCUT2D eigenvalue weighted by molar-refractivity contribution is 0.0124. The zero-order valence-electron chi connectivity index (χ0n) is 19.0. The van der Waals surface area contributed by atoms with Crippen LogP contribution in [0.25, 0.3) is 0 Å². The van der Waals surface area contributed by atoms with Gasteiger partial charge in [0.2, 0.25) is 0 Å². The largest absolute Gasteiger partial charge is 0.396 e. The highest BCUT2D eigenvalue weighted by Crippen LogP contribution is 2.11. The average molecular weight is 411 g/mol. The van der Waals surface area contributed by atoms with Crippen molar-refractivity contribution in [2.24, 2.45) is 0 Å². The van der Waals surface area contributed by atoms with Crippen molar-refractivity contribution in [3.8, 4) is 0 Å². The summed E-state index contributed by atoms with van der Waals surface area (Å²) in [6.07, 6.45) is 9.04. The Morgan fingerprint density at radius 2 is 1.18 bits per heavy atom. The molecule has 4 atom stereocenters. The number of hydrogen-bond acceptors (Lipinski definition) is 5. The van der Waals surface area contributed by atoms with Crippen molar-refractivity contribution in [1.82, 2.24) is 0 Å². The maximum atomic E-state index is 9.24. The maximum absolute atomic E-state index is 9.24. The summed E-state index contributed by atoms with van der Waals surface area (Å²) in [5.74, 6) is 0. The van der Waals surface area contributed by atoms with Crippen molar-refractivity contribution in [3.63, 3.8) is 0 Å².